The van der Waals surface area contributed by atoms with Gasteiger partial charge in [0.25, 0.3) is 0 Å². The van der Waals surface area contributed by atoms with E-state index >= 15 is 0 Å². The van der Waals surface area contributed by atoms with Gasteiger partial charge in [-0.2, -0.15) is 0 Å². The number of ether oxygens (including phenoxy) is 2. The molecule has 0 radical (unpaired) electrons. The molecule has 6 rings (SSSR count). The Morgan fingerprint density at radius 1 is 1.00 bits per heavy atom. The molecule has 0 bridgehead atoms. The second-order valence-electron chi connectivity index (χ2n) is 14.7. The predicted octanol–water partition coefficient (Wildman–Crippen LogP) is 8.46. The normalized spacial score (nSPS) is 44.8. The lowest BCUT2D eigenvalue weighted by Gasteiger charge is -2.59. The maximum absolute atomic E-state index is 12.8. The monoisotopic (exact) mass is 506 g/mol. The minimum atomic E-state index is -0.176. The Hall–Kier alpha value is -1.35. The second-order valence-corrected chi connectivity index (χ2v) is 14.7. The summed E-state index contributed by atoms with van der Waals surface area (Å²) < 4.78 is 12.8. The summed E-state index contributed by atoms with van der Waals surface area (Å²) in [5.74, 6) is 4.87. The van der Waals surface area contributed by atoms with Gasteiger partial charge >= 0.3 is 5.97 Å². The van der Waals surface area contributed by atoms with Gasteiger partial charge in [0.15, 0.2) is 0 Å². The highest BCUT2D eigenvalue weighted by Crippen LogP contribution is 2.74. The van der Waals surface area contributed by atoms with Gasteiger partial charge in [-0.3, -0.25) is 0 Å². The molecule has 0 aromatic heterocycles. The van der Waals surface area contributed by atoms with Crippen molar-refractivity contribution >= 4 is 5.97 Å². The van der Waals surface area contributed by atoms with Crippen molar-refractivity contribution in [3.8, 4) is 0 Å². The molecule has 0 N–H and O–H groups in total. The minimum Gasteiger partial charge on any atom is -0.459 e. The van der Waals surface area contributed by atoms with E-state index in [1.54, 1.807) is 0 Å². The zero-order valence-electron chi connectivity index (χ0n) is 24.0. The molecule has 1 spiro atoms. The molecule has 5 fully saturated rings. The third kappa shape index (κ3) is 4.12. The number of hydrogen-bond acceptors (Lipinski definition) is 3. The van der Waals surface area contributed by atoms with E-state index in [0.29, 0.717) is 17.1 Å². The van der Waals surface area contributed by atoms with Gasteiger partial charge in [-0.25, -0.2) is 4.79 Å². The molecular weight excluding hydrogens is 456 g/mol. The number of rotatable bonds is 7. The van der Waals surface area contributed by atoms with Crippen LogP contribution in [-0.2, 0) is 9.47 Å². The van der Waals surface area contributed by atoms with Crippen LogP contribution in [-0.4, -0.2) is 23.8 Å². The summed E-state index contributed by atoms with van der Waals surface area (Å²) in [4.78, 5) is 12.8. The molecule has 0 amide bonds. The third-order valence-corrected chi connectivity index (χ3v) is 12.5. The summed E-state index contributed by atoms with van der Waals surface area (Å²) in [6.45, 7) is 12.5. The molecule has 1 heterocycles. The molecule has 4 aliphatic carbocycles. The molecule has 5 aliphatic rings. The van der Waals surface area contributed by atoms with Crippen LogP contribution in [0.5, 0.6) is 0 Å². The largest absolute Gasteiger partial charge is 0.459 e. The lowest BCUT2D eigenvalue weighted by Crippen LogP contribution is -2.59. The number of fused-ring (bicyclic) bond motifs is 4. The third-order valence-electron chi connectivity index (χ3n) is 12.5. The first-order chi connectivity index (χ1) is 17.7. The summed E-state index contributed by atoms with van der Waals surface area (Å²) in [6, 6.07) is 9.47. The van der Waals surface area contributed by atoms with Crippen molar-refractivity contribution in [2.24, 2.45) is 46.3 Å². The van der Waals surface area contributed by atoms with Crippen LogP contribution in [0.3, 0.4) is 0 Å². The molecule has 1 aromatic rings. The van der Waals surface area contributed by atoms with Gasteiger partial charge in [0.1, 0.15) is 11.7 Å². The van der Waals surface area contributed by atoms with Gasteiger partial charge in [0.2, 0.25) is 0 Å². The summed E-state index contributed by atoms with van der Waals surface area (Å²) in [5.41, 5.74) is 1.36. The van der Waals surface area contributed by atoms with Crippen LogP contribution >= 0.6 is 0 Å². The van der Waals surface area contributed by atoms with Gasteiger partial charge in [-0.1, -0.05) is 72.1 Å². The molecule has 1 saturated heterocycles. The van der Waals surface area contributed by atoms with Crippen LogP contribution in [0.4, 0.5) is 0 Å². The van der Waals surface area contributed by atoms with Crippen LogP contribution in [0.2, 0.25) is 0 Å². The van der Waals surface area contributed by atoms with Crippen molar-refractivity contribution in [3.63, 3.8) is 0 Å². The highest BCUT2D eigenvalue weighted by Gasteiger charge is 2.76. The van der Waals surface area contributed by atoms with E-state index in [0.717, 1.165) is 54.8 Å². The Bertz CT molecular complexity index is 988. The smallest absolute Gasteiger partial charge is 0.338 e. The summed E-state index contributed by atoms with van der Waals surface area (Å²) in [5, 5.41) is 0. The van der Waals surface area contributed by atoms with Crippen molar-refractivity contribution < 1.29 is 14.3 Å². The zero-order chi connectivity index (χ0) is 26.0. The fourth-order valence-electron chi connectivity index (χ4n) is 10.6. The van der Waals surface area contributed by atoms with Crippen LogP contribution in [0, 0.1) is 46.3 Å². The van der Waals surface area contributed by atoms with E-state index in [-0.39, 0.29) is 23.1 Å². The maximum Gasteiger partial charge on any atom is 0.338 e. The Morgan fingerprint density at radius 2 is 1.78 bits per heavy atom. The highest BCUT2D eigenvalue weighted by atomic mass is 16.6. The van der Waals surface area contributed by atoms with E-state index in [9.17, 15) is 4.79 Å². The topological polar surface area (TPSA) is 38.8 Å². The minimum absolute atomic E-state index is 0.0151. The Balaban J connectivity index is 1.14. The second kappa shape index (κ2) is 9.39. The van der Waals surface area contributed by atoms with E-state index < -0.39 is 0 Å². The van der Waals surface area contributed by atoms with Crippen LogP contribution in [0.25, 0.3) is 0 Å². The number of carbonyl (C=O) groups excluding carboxylic acids is 1. The van der Waals surface area contributed by atoms with Crippen molar-refractivity contribution in [1.29, 1.82) is 0 Å². The predicted molar refractivity (Wildman–Crippen MR) is 148 cm³/mol. The summed E-state index contributed by atoms with van der Waals surface area (Å²) in [7, 11) is 0. The van der Waals surface area contributed by atoms with E-state index in [1.807, 2.05) is 30.3 Å². The first-order valence-electron chi connectivity index (χ1n) is 15.6. The summed E-state index contributed by atoms with van der Waals surface area (Å²) >= 11 is 0. The van der Waals surface area contributed by atoms with Crippen molar-refractivity contribution in [3.05, 3.63) is 35.9 Å². The Labute approximate surface area is 225 Å². The Morgan fingerprint density at radius 3 is 2.54 bits per heavy atom. The lowest BCUT2D eigenvalue weighted by atomic mass is 9.44. The standard InChI is InChI=1S/C34H50O3/c1-22(2)10-9-11-23(3)27-14-15-28-26-20-30-34(37-30)21-25(36-31(35)24-12-7-6-8-13-24)16-19-33(34,5)29(26)17-18-32(27,28)4/h6-8,12-13,22-23,25-30H,9-11,14-21H2,1-5H3/t23?,25?,26?,27-,28?,29?,30?,32-,33-,34?/m0/s1. The fourth-order valence-corrected chi connectivity index (χ4v) is 10.6. The van der Waals surface area contributed by atoms with Gasteiger partial charge in [-0.15, -0.1) is 0 Å². The van der Waals surface area contributed by atoms with Gasteiger partial charge < -0.3 is 9.47 Å². The van der Waals surface area contributed by atoms with Crippen LogP contribution in [0.15, 0.2) is 30.3 Å². The fraction of sp³-hybridized carbons (Fsp3) is 0.794. The maximum atomic E-state index is 12.8. The molecule has 4 saturated carbocycles. The van der Waals surface area contributed by atoms with Gasteiger partial charge in [0.05, 0.1) is 11.7 Å². The highest BCUT2D eigenvalue weighted by molar-refractivity contribution is 5.89. The molecule has 1 aliphatic heterocycles. The quantitative estimate of drug-likeness (QED) is 0.275. The Kier molecular flexibility index (Phi) is 6.57. The molecule has 3 nitrogen and oxygen atoms in total. The molecule has 1 aromatic carbocycles. The van der Waals surface area contributed by atoms with E-state index in [1.165, 1.54) is 51.4 Å². The number of benzene rings is 1. The number of esters is 1. The first-order valence-corrected chi connectivity index (χ1v) is 15.6. The molecule has 37 heavy (non-hydrogen) atoms. The number of hydrogen-bond donors (Lipinski definition) is 0. The van der Waals surface area contributed by atoms with E-state index in [4.69, 9.17) is 9.47 Å². The average Bonchev–Trinajstić information content (AvgIpc) is 3.45. The van der Waals surface area contributed by atoms with E-state index in [2.05, 4.69) is 34.6 Å². The molecular formula is C34H50O3. The SMILES string of the molecule is CC(C)CCCC(C)[C@@H]1CCC2C3CC4OC45CC(OC(=O)c4ccccc4)CC[C@@]5(C)C3CC[C@]21C. The average molecular weight is 507 g/mol. The van der Waals surface area contributed by atoms with Gasteiger partial charge in [-0.05, 0) is 98.0 Å². The number of carbonyl (C=O) groups is 1. The van der Waals surface area contributed by atoms with Crippen molar-refractivity contribution in [2.45, 2.75) is 123 Å². The molecule has 10 atom stereocenters. The molecule has 204 valence electrons. The van der Waals surface area contributed by atoms with Crippen LogP contribution < -0.4 is 0 Å². The summed E-state index contributed by atoms with van der Waals surface area (Å²) in [6.07, 6.45) is 14.5. The van der Waals surface area contributed by atoms with Gasteiger partial charge in [0, 0.05) is 11.8 Å². The molecule has 7 unspecified atom stereocenters. The van der Waals surface area contributed by atoms with Crippen molar-refractivity contribution in [2.75, 3.05) is 0 Å². The molecule has 3 heteroatoms. The lowest BCUT2D eigenvalue weighted by molar-refractivity contribution is -0.118. The van der Waals surface area contributed by atoms with Crippen molar-refractivity contribution in [1.82, 2.24) is 0 Å². The van der Waals surface area contributed by atoms with Crippen LogP contribution in [0.1, 0.15) is 116 Å². The zero-order valence-corrected chi connectivity index (χ0v) is 24.0. The first kappa shape index (κ1) is 25.9. The number of epoxide rings is 1.